The van der Waals surface area contributed by atoms with Gasteiger partial charge in [-0.1, -0.05) is 25.5 Å². The van der Waals surface area contributed by atoms with Crippen molar-refractivity contribution in [2.75, 3.05) is 0 Å². The highest BCUT2D eigenvalue weighted by Gasteiger charge is 2.45. The molecule has 102 valence electrons. The van der Waals surface area contributed by atoms with E-state index in [1.165, 1.54) is 0 Å². The first kappa shape index (κ1) is 13.4. The van der Waals surface area contributed by atoms with E-state index < -0.39 is 0 Å². The van der Waals surface area contributed by atoms with E-state index in [1.807, 2.05) is 12.1 Å². The minimum atomic E-state index is -0.268. The molecule has 1 aliphatic carbocycles. The predicted octanol–water partition coefficient (Wildman–Crippen LogP) is 1.25. The summed E-state index contributed by atoms with van der Waals surface area (Å²) in [6, 6.07) is 5.46. The quantitative estimate of drug-likeness (QED) is 0.560. The van der Waals surface area contributed by atoms with Crippen molar-refractivity contribution in [2.24, 2.45) is 22.4 Å². The zero-order valence-electron chi connectivity index (χ0n) is 11.0. The number of nitrogens with two attached hydrogens (primary N) is 2. The van der Waals surface area contributed by atoms with Crippen LogP contribution >= 0.6 is 0 Å². The van der Waals surface area contributed by atoms with E-state index in [4.69, 9.17) is 11.5 Å². The molecule has 1 amide bonds. The minimum absolute atomic E-state index is 0.129. The summed E-state index contributed by atoms with van der Waals surface area (Å²) in [6.45, 7) is 2.06. The number of nitrogens with zero attached hydrogens (tertiary/aromatic N) is 1. The largest absolute Gasteiger partial charge is 0.508 e. The van der Waals surface area contributed by atoms with Crippen LogP contribution in [0, 0.1) is 5.92 Å². The van der Waals surface area contributed by atoms with Gasteiger partial charge < -0.3 is 16.6 Å². The standard InChI is InChI=1S/C14H19N3O2/c1-2-4-9-8(5-3-6-12(9)18)10-7-11(10)13(19)17-14(15)16/h3,5-6,10-11,18H,2,4,7H2,1H3,(H4,15,16,17,19)/t10?,11-/m0/s1. The first-order valence-electron chi connectivity index (χ1n) is 6.48. The molecule has 0 saturated heterocycles. The van der Waals surface area contributed by atoms with Gasteiger partial charge in [-0.3, -0.25) is 4.79 Å². The van der Waals surface area contributed by atoms with Crippen LogP contribution in [0.15, 0.2) is 23.2 Å². The van der Waals surface area contributed by atoms with Gasteiger partial charge in [0, 0.05) is 5.92 Å². The van der Waals surface area contributed by atoms with Gasteiger partial charge in [-0.15, -0.1) is 0 Å². The molecule has 0 aromatic heterocycles. The number of phenols is 1. The number of guanidine groups is 1. The van der Waals surface area contributed by atoms with Gasteiger partial charge in [0.25, 0.3) is 5.91 Å². The van der Waals surface area contributed by atoms with Gasteiger partial charge >= 0.3 is 0 Å². The Balaban J connectivity index is 2.19. The second kappa shape index (κ2) is 5.30. The molecule has 5 N–H and O–H groups in total. The average Bonchev–Trinajstić information content (AvgIpc) is 3.11. The second-order valence-electron chi connectivity index (χ2n) is 4.92. The Morgan fingerprint density at radius 1 is 1.47 bits per heavy atom. The topological polar surface area (TPSA) is 102 Å². The van der Waals surface area contributed by atoms with Gasteiger partial charge in [0.05, 0.1) is 0 Å². The lowest BCUT2D eigenvalue weighted by molar-refractivity contribution is -0.119. The normalized spacial score (nSPS) is 20.9. The number of carbonyl (C=O) groups excluding carboxylic acids is 1. The summed E-state index contributed by atoms with van der Waals surface area (Å²) in [5.41, 5.74) is 12.4. The number of rotatable bonds is 4. The van der Waals surface area contributed by atoms with Crippen LogP contribution in [0.2, 0.25) is 0 Å². The molecule has 1 fully saturated rings. The maximum Gasteiger partial charge on any atom is 0.252 e. The van der Waals surface area contributed by atoms with Crippen LogP contribution in [0.5, 0.6) is 5.75 Å². The molecule has 0 spiro atoms. The fourth-order valence-corrected chi connectivity index (χ4v) is 2.48. The van der Waals surface area contributed by atoms with E-state index in [0.29, 0.717) is 5.75 Å². The molecule has 5 nitrogen and oxygen atoms in total. The maximum atomic E-state index is 11.7. The van der Waals surface area contributed by atoms with Gasteiger partial charge in [-0.2, -0.15) is 4.99 Å². The predicted molar refractivity (Wildman–Crippen MR) is 73.8 cm³/mol. The Labute approximate surface area is 112 Å². The Hall–Kier alpha value is -2.04. The number of amides is 1. The lowest BCUT2D eigenvalue weighted by Gasteiger charge is -2.10. The van der Waals surface area contributed by atoms with Crippen LogP contribution in [0.1, 0.15) is 36.8 Å². The molecular formula is C14H19N3O2. The second-order valence-corrected chi connectivity index (χ2v) is 4.92. The van der Waals surface area contributed by atoms with E-state index in [0.717, 1.165) is 30.4 Å². The summed E-state index contributed by atoms with van der Waals surface area (Å²) in [7, 11) is 0. The molecule has 5 heteroatoms. The molecule has 1 aromatic carbocycles. The average molecular weight is 261 g/mol. The van der Waals surface area contributed by atoms with Crippen molar-refractivity contribution in [2.45, 2.75) is 32.1 Å². The number of carbonyl (C=O) groups is 1. The van der Waals surface area contributed by atoms with Crippen molar-refractivity contribution in [3.63, 3.8) is 0 Å². The number of phenolic OH excluding ortho intramolecular Hbond substituents is 1. The summed E-state index contributed by atoms with van der Waals surface area (Å²) in [6.07, 6.45) is 2.50. The van der Waals surface area contributed by atoms with Crippen LogP contribution in [0.25, 0.3) is 0 Å². The summed E-state index contributed by atoms with van der Waals surface area (Å²) >= 11 is 0. The zero-order chi connectivity index (χ0) is 14.0. The summed E-state index contributed by atoms with van der Waals surface area (Å²) < 4.78 is 0. The van der Waals surface area contributed by atoms with Crippen LogP contribution in [-0.2, 0) is 11.2 Å². The van der Waals surface area contributed by atoms with E-state index >= 15 is 0 Å². The van der Waals surface area contributed by atoms with Crippen molar-refractivity contribution in [1.29, 1.82) is 0 Å². The molecule has 2 atom stereocenters. The lowest BCUT2D eigenvalue weighted by atomic mass is 9.97. The van der Waals surface area contributed by atoms with Gasteiger partial charge in [-0.25, -0.2) is 0 Å². The van der Waals surface area contributed by atoms with Crippen molar-refractivity contribution in [1.82, 2.24) is 0 Å². The van der Waals surface area contributed by atoms with Gasteiger partial charge in [-0.05, 0) is 36.0 Å². The summed E-state index contributed by atoms with van der Waals surface area (Å²) in [5, 5.41) is 9.92. The van der Waals surface area contributed by atoms with E-state index in [-0.39, 0.29) is 23.7 Å². The Morgan fingerprint density at radius 3 is 2.84 bits per heavy atom. The molecule has 1 saturated carbocycles. The Bertz CT molecular complexity index is 521. The van der Waals surface area contributed by atoms with Crippen LogP contribution < -0.4 is 11.5 Å². The highest BCUT2D eigenvalue weighted by Crippen LogP contribution is 2.50. The fourth-order valence-electron chi connectivity index (χ4n) is 2.48. The monoisotopic (exact) mass is 261 g/mol. The third-order valence-electron chi connectivity index (χ3n) is 3.43. The van der Waals surface area contributed by atoms with Crippen molar-refractivity contribution in [3.05, 3.63) is 29.3 Å². The fraction of sp³-hybridized carbons (Fsp3) is 0.429. The summed E-state index contributed by atoms with van der Waals surface area (Å²) in [4.78, 5) is 15.3. The van der Waals surface area contributed by atoms with Crippen LogP contribution in [0.4, 0.5) is 0 Å². The molecule has 2 rings (SSSR count). The molecule has 0 aliphatic heterocycles. The third-order valence-corrected chi connectivity index (χ3v) is 3.43. The highest BCUT2D eigenvalue weighted by molar-refractivity contribution is 5.94. The van der Waals surface area contributed by atoms with E-state index in [2.05, 4.69) is 11.9 Å². The number of aliphatic imine (C=N–C) groups is 1. The molecule has 19 heavy (non-hydrogen) atoms. The van der Waals surface area contributed by atoms with Crippen molar-refractivity contribution >= 4 is 11.9 Å². The third kappa shape index (κ3) is 2.86. The van der Waals surface area contributed by atoms with Gasteiger partial charge in [0.1, 0.15) is 5.75 Å². The molecule has 0 heterocycles. The van der Waals surface area contributed by atoms with E-state index in [1.54, 1.807) is 6.07 Å². The summed E-state index contributed by atoms with van der Waals surface area (Å²) in [5.74, 6) is -0.181. The van der Waals surface area contributed by atoms with Gasteiger partial charge in [0.2, 0.25) is 0 Å². The Kier molecular flexibility index (Phi) is 3.74. The maximum absolute atomic E-state index is 11.7. The smallest absolute Gasteiger partial charge is 0.252 e. The number of hydrogen-bond donors (Lipinski definition) is 3. The highest BCUT2D eigenvalue weighted by atomic mass is 16.3. The molecule has 0 bridgehead atoms. The van der Waals surface area contributed by atoms with Crippen LogP contribution in [-0.4, -0.2) is 17.0 Å². The number of hydrogen-bond acceptors (Lipinski definition) is 2. The first-order valence-corrected chi connectivity index (χ1v) is 6.48. The first-order chi connectivity index (χ1) is 9.04. The molecule has 1 aliphatic rings. The van der Waals surface area contributed by atoms with Crippen molar-refractivity contribution in [3.8, 4) is 5.75 Å². The minimum Gasteiger partial charge on any atom is -0.508 e. The molecule has 1 aromatic rings. The van der Waals surface area contributed by atoms with Gasteiger partial charge in [0.15, 0.2) is 5.96 Å². The molecule has 1 unspecified atom stereocenters. The number of benzene rings is 1. The zero-order valence-corrected chi connectivity index (χ0v) is 11.0. The lowest BCUT2D eigenvalue weighted by Crippen LogP contribution is -2.24. The molecule has 0 radical (unpaired) electrons. The van der Waals surface area contributed by atoms with E-state index in [9.17, 15) is 9.90 Å². The SMILES string of the molecule is CCCc1c(O)cccc1C1C[C@@H]1C(=O)N=C(N)N. The van der Waals surface area contributed by atoms with Crippen molar-refractivity contribution < 1.29 is 9.90 Å². The molecular weight excluding hydrogens is 242 g/mol. The van der Waals surface area contributed by atoms with Crippen LogP contribution in [0.3, 0.4) is 0 Å². The Morgan fingerprint density at radius 2 is 2.21 bits per heavy atom. The number of aromatic hydroxyl groups is 1.